The third-order valence-corrected chi connectivity index (χ3v) is 3.70. The van der Waals surface area contributed by atoms with E-state index in [4.69, 9.17) is 4.74 Å². The Morgan fingerprint density at radius 3 is 2.91 bits per heavy atom. The molecule has 1 saturated heterocycles. The van der Waals surface area contributed by atoms with Gasteiger partial charge in [-0.25, -0.2) is 4.98 Å². The normalized spacial score (nSPS) is 21.0. The number of morpholine rings is 1. The monoisotopic (exact) mass is 301 g/mol. The molecule has 1 atom stereocenters. The highest BCUT2D eigenvalue weighted by Gasteiger charge is 2.34. The average Bonchev–Trinajstić information content (AvgIpc) is 2.45. The van der Waals surface area contributed by atoms with E-state index in [0.717, 1.165) is 0 Å². The van der Waals surface area contributed by atoms with Crippen LogP contribution in [0.1, 0.15) is 31.1 Å². The lowest BCUT2D eigenvalue weighted by Crippen LogP contribution is -2.54. The highest BCUT2D eigenvalue weighted by atomic mass is 16.5. The lowest BCUT2D eigenvalue weighted by atomic mass is 10.0. The van der Waals surface area contributed by atoms with Crippen LogP contribution in [0.25, 0.3) is 5.65 Å². The van der Waals surface area contributed by atoms with Gasteiger partial charge in [0.2, 0.25) is 0 Å². The number of amides is 1. The first kappa shape index (κ1) is 14.7. The Balaban J connectivity index is 1.99. The first-order valence-electron chi connectivity index (χ1n) is 7.31. The van der Waals surface area contributed by atoms with Gasteiger partial charge >= 0.3 is 0 Å². The van der Waals surface area contributed by atoms with E-state index in [-0.39, 0.29) is 23.1 Å². The van der Waals surface area contributed by atoms with Crippen molar-refractivity contribution in [3.8, 4) is 0 Å². The second kappa shape index (κ2) is 5.21. The van der Waals surface area contributed by atoms with Crippen LogP contribution in [0.4, 0.5) is 0 Å². The summed E-state index contributed by atoms with van der Waals surface area (Å²) in [4.78, 5) is 31.1. The summed E-state index contributed by atoms with van der Waals surface area (Å²) in [5.74, 6) is -0.293. The number of ether oxygens (including phenoxy) is 1. The van der Waals surface area contributed by atoms with Gasteiger partial charge in [0.25, 0.3) is 11.5 Å². The number of carbonyl (C=O) groups excluding carboxylic acids is 1. The van der Waals surface area contributed by atoms with Gasteiger partial charge in [0, 0.05) is 25.5 Å². The molecule has 0 spiro atoms. The Hall–Kier alpha value is -2.21. The molecule has 116 valence electrons. The molecule has 1 amide bonds. The second-order valence-electron chi connectivity index (χ2n) is 6.28. The maximum atomic E-state index is 12.7. The predicted molar refractivity (Wildman–Crippen MR) is 82.0 cm³/mol. The van der Waals surface area contributed by atoms with E-state index in [1.807, 2.05) is 20.8 Å². The minimum Gasteiger partial charge on any atom is -0.369 e. The molecule has 3 rings (SSSR count). The topological polar surface area (TPSA) is 63.9 Å². The Morgan fingerprint density at radius 2 is 2.18 bits per heavy atom. The van der Waals surface area contributed by atoms with E-state index < -0.39 is 5.60 Å². The van der Waals surface area contributed by atoms with Gasteiger partial charge < -0.3 is 9.64 Å². The van der Waals surface area contributed by atoms with Crippen LogP contribution in [-0.4, -0.2) is 45.0 Å². The minimum absolute atomic E-state index is 0.0659. The summed E-state index contributed by atoms with van der Waals surface area (Å²) in [5.41, 5.74) is -0.144. The van der Waals surface area contributed by atoms with Gasteiger partial charge in [-0.1, -0.05) is 6.07 Å². The number of fused-ring (bicyclic) bond motifs is 1. The summed E-state index contributed by atoms with van der Waals surface area (Å²) >= 11 is 0. The van der Waals surface area contributed by atoms with E-state index >= 15 is 0 Å². The summed E-state index contributed by atoms with van der Waals surface area (Å²) in [6.45, 7) is 6.72. The van der Waals surface area contributed by atoms with Crippen LogP contribution in [0.2, 0.25) is 0 Å². The molecule has 6 nitrogen and oxygen atoms in total. The maximum Gasteiger partial charge on any atom is 0.270 e. The van der Waals surface area contributed by atoms with Gasteiger partial charge in [0.1, 0.15) is 11.2 Å². The summed E-state index contributed by atoms with van der Waals surface area (Å²) in [6, 6.07) is 5.27. The summed E-state index contributed by atoms with van der Waals surface area (Å²) in [7, 11) is 0. The van der Waals surface area contributed by atoms with Gasteiger partial charge in [-0.3, -0.25) is 14.0 Å². The molecule has 6 heteroatoms. The van der Waals surface area contributed by atoms with Crippen molar-refractivity contribution < 1.29 is 9.53 Å². The van der Waals surface area contributed by atoms with Crippen molar-refractivity contribution in [2.45, 2.75) is 32.5 Å². The van der Waals surface area contributed by atoms with Crippen LogP contribution in [0.3, 0.4) is 0 Å². The third-order valence-electron chi connectivity index (χ3n) is 3.70. The van der Waals surface area contributed by atoms with Crippen molar-refractivity contribution in [3.05, 3.63) is 46.5 Å². The van der Waals surface area contributed by atoms with Crippen LogP contribution < -0.4 is 5.56 Å². The minimum atomic E-state index is -0.423. The van der Waals surface area contributed by atoms with Gasteiger partial charge in [-0.05, 0) is 32.9 Å². The zero-order valence-corrected chi connectivity index (χ0v) is 12.9. The lowest BCUT2D eigenvalue weighted by molar-refractivity contribution is -0.118. The van der Waals surface area contributed by atoms with Crippen molar-refractivity contribution >= 4 is 11.6 Å². The van der Waals surface area contributed by atoms with E-state index in [1.165, 1.54) is 10.6 Å². The molecule has 0 unspecified atom stereocenters. The number of aromatic nitrogens is 2. The Bertz CT molecular complexity index is 782. The molecule has 3 heterocycles. The average molecular weight is 301 g/mol. The van der Waals surface area contributed by atoms with E-state index in [0.29, 0.717) is 18.7 Å². The smallest absolute Gasteiger partial charge is 0.270 e. The number of carbonyl (C=O) groups is 1. The van der Waals surface area contributed by atoms with Crippen molar-refractivity contribution in [2.24, 2.45) is 0 Å². The molecule has 1 fully saturated rings. The molecule has 0 aromatic carbocycles. The van der Waals surface area contributed by atoms with Gasteiger partial charge in [-0.15, -0.1) is 0 Å². The molecule has 0 N–H and O–H groups in total. The highest BCUT2D eigenvalue weighted by molar-refractivity contribution is 5.94. The van der Waals surface area contributed by atoms with Crippen LogP contribution in [-0.2, 0) is 4.74 Å². The maximum absolute atomic E-state index is 12.7. The summed E-state index contributed by atoms with van der Waals surface area (Å²) in [5, 5.41) is 0. The Morgan fingerprint density at radius 1 is 1.41 bits per heavy atom. The number of rotatable bonds is 1. The molecule has 2 aromatic heterocycles. The van der Waals surface area contributed by atoms with Crippen molar-refractivity contribution in [3.63, 3.8) is 0 Å². The molecule has 0 radical (unpaired) electrons. The standard InChI is InChI=1S/C16H19N3O3/c1-11-9-18(10-16(2,3)22-11)14(20)12-8-17-13-6-4-5-7-19(13)15(12)21/h4-8,11H,9-10H2,1-3H3/t11-/m0/s1. The first-order chi connectivity index (χ1) is 10.4. The number of hydrogen-bond acceptors (Lipinski definition) is 4. The number of hydrogen-bond donors (Lipinski definition) is 0. The largest absolute Gasteiger partial charge is 0.369 e. The van der Waals surface area contributed by atoms with E-state index in [2.05, 4.69) is 4.98 Å². The van der Waals surface area contributed by atoms with Gasteiger partial charge in [0.15, 0.2) is 0 Å². The van der Waals surface area contributed by atoms with Crippen LogP contribution >= 0.6 is 0 Å². The zero-order chi connectivity index (χ0) is 15.9. The van der Waals surface area contributed by atoms with Gasteiger partial charge in [-0.2, -0.15) is 0 Å². The fourth-order valence-electron chi connectivity index (χ4n) is 2.95. The fourth-order valence-corrected chi connectivity index (χ4v) is 2.95. The number of pyridine rings is 1. The van der Waals surface area contributed by atoms with E-state index in [1.54, 1.807) is 29.3 Å². The van der Waals surface area contributed by atoms with Crippen LogP contribution in [0.15, 0.2) is 35.4 Å². The molecular formula is C16H19N3O3. The molecular weight excluding hydrogens is 282 g/mol. The third kappa shape index (κ3) is 2.62. The molecule has 0 aliphatic carbocycles. The van der Waals surface area contributed by atoms with Crippen molar-refractivity contribution in [1.29, 1.82) is 0 Å². The van der Waals surface area contributed by atoms with Crippen LogP contribution in [0.5, 0.6) is 0 Å². The second-order valence-corrected chi connectivity index (χ2v) is 6.28. The molecule has 1 aliphatic rings. The molecule has 22 heavy (non-hydrogen) atoms. The summed E-state index contributed by atoms with van der Waals surface area (Å²) in [6.07, 6.45) is 2.92. The molecule has 1 aliphatic heterocycles. The molecule has 0 saturated carbocycles. The fraction of sp³-hybridized carbons (Fsp3) is 0.438. The highest BCUT2D eigenvalue weighted by Crippen LogP contribution is 2.21. The lowest BCUT2D eigenvalue weighted by Gasteiger charge is -2.41. The molecule has 0 bridgehead atoms. The van der Waals surface area contributed by atoms with Crippen molar-refractivity contribution in [2.75, 3.05) is 13.1 Å². The first-order valence-corrected chi connectivity index (χ1v) is 7.31. The summed E-state index contributed by atoms with van der Waals surface area (Å²) < 4.78 is 7.19. The SMILES string of the molecule is C[C@H]1CN(C(=O)c2cnc3ccccn3c2=O)CC(C)(C)O1. The Labute approximate surface area is 128 Å². The van der Waals surface area contributed by atoms with E-state index in [9.17, 15) is 9.59 Å². The number of nitrogens with zero attached hydrogens (tertiary/aromatic N) is 3. The Kier molecular flexibility index (Phi) is 3.48. The van der Waals surface area contributed by atoms with Crippen molar-refractivity contribution in [1.82, 2.24) is 14.3 Å². The van der Waals surface area contributed by atoms with Gasteiger partial charge in [0.05, 0.1) is 11.7 Å². The quantitative estimate of drug-likeness (QED) is 0.797. The predicted octanol–water partition coefficient (Wildman–Crippen LogP) is 1.33. The zero-order valence-electron chi connectivity index (χ0n) is 12.9. The van der Waals surface area contributed by atoms with Crippen LogP contribution in [0, 0.1) is 0 Å². The molecule has 2 aromatic rings.